The summed E-state index contributed by atoms with van der Waals surface area (Å²) in [5.41, 5.74) is 0.856. The highest BCUT2D eigenvalue weighted by atomic mass is 35.5. The van der Waals surface area contributed by atoms with Crippen molar-refractivity contribution >= 4 is 11.6 Å². The molecule has 0 saturated carbocycles. The van der Waals surface area contributed by atoms with Crippen LogP contribution in [0.25, 0.3) is 0 Å². The maximum atomic E-state index is 9.46. The summed E-state index contributed by atoms with van der Waals surface area (Å²) in [6.07, 6.45) is 1.78. The van der Waals surface area contributed by atoms with Gasteiger partial charge in [-0.2, -0.15) is 0 Å². The van der Waals surface area contributed by atoms with Gasteiger partial charge >= 0.3 is 0 Å². The molecule has 0 bridgehead atoms. The number of phenols is 1. The number of allylic oxidation sites excluding steroid dienone is 1. The second kappa shape index (κ2) is 3.63. The fourth-order valence-corrected chi connectivity index (χ4v) is 1.20. The van der Waals surface area contributed by atoms with Gasteiger partial charge in [-0.3, -0.25) is 0 Å². The van der Waals surface area contributed by atoms with Crippen LogP contribution in [0.5, 0.6) is 5.75 Å². The number of phenolic OH excluding ortho intramolecular Hbond substituents is 1. The maximum absolute atomic E-state index is 9.46. The van der Waals surface area contributed by atoms with Gasteiger partial charge in [-0.1, -0.05) is 30.7 Å². The zero-order valence-corrected chi connectivity index (χ0v) is 7.67. The molecular formula is C10H11ClO. The topological polar surface area (TPSA) is 20.2 Å². The van der Waals surface area contributed by atoms with Gasteiger partial charge in [-0.25, -0.2) is 0 Å². The molecule has 1 nitrogen and oxygen atoms in total. The van der Waals surface area contributed by atoms with E-state index in [0.717, 1.165) is 5.56 Å². The van der Waals surface area contributed by atoms with E-state index in [9.17, 15) is 5.11 Å². The van der Waals surface area contributed by atoms with Gasteiger partial charge < -0.3 is 5.11 Å². The molecule has 0 heterocycles. The van der Waals surface area contributed by atoms with Crippen LogP contribution >= 0.6 is 11.6 Å². The van der Waals surface area contributed by atoms with Crippen LogP contribution in [0.2, 0.25) is 5.02 Å². The van der Waals surface area contributed by atoms with Gasteiger partial charge in [-0.15, -0.1) is 6.58 Å². The third kappa shape index (κ3) is 1.80. The first-order chi connectivity index (χ1) is 5.65. The highest BCUT2D eigenvalue weighted by molar-refractivity contribution is 6.30. The molecule has 0 aromatic heterocycles. The molecule has 12 heavy (non-hydrogen) atoms. The van der Waals surface area contributed by atoms with E-state index in [1.165, 1.54) is 6.07 Å². The van der Waals surface area contributed by atoms with E-state index in [1.54, 1.807) is 12.1 Å². The third-order valence-electron chi connectivity index (χ3n) is 1.84. The zero-order chi connectivity index (χ0) is 9.14. The summed E-state index contributed by atoms with van der Waals surface area (Å²) < 4.78 is 0. The van der Waals surface area contributed by atoms with Crippen LogP contribution in [-0.4, -0.2) is 5.11 Å². The van der Waals surface area contributed by atoms with Crippen molar-refractivity contribution in [3.05, 3.63) is 41.4 Å². The van der Waals surface area contributed by atoms with Crippen molar-refractivity contribution < 1.29 is 5.11 Å². The normalized spacial score (nSPS) is 12.5. The van der Waals surface area contributed by atoms with Gasteiger partial charge in [0.25, 0.3) is 0 Å². The standard InChI is InChI=1S/C10H11ClO/c1-3-7(2)9-5-4-8(11)6-10(9)12/h3-7,12H,1H2,2H3. The Hall–Kier alpha value is -0.950. The lowest BCUT2D eigenvalue weighted by atomic mass is 10.0. The van der Waals surface area contributed by atoms with Crippen molar-refractivity contribution in [2.45, 2.75) is 12.8 Å². The highest BCUT2D eigenvalue weighted by Crippen LogP contribution is 2.28. The first-order valence-corrected chi connectivity index (χ1v) is 4.14. The maximum Gasteiger partial charge on any atom is 0.120 e. The third-order valence-corrected chi connectivity index (χ3v) is 2.07. The van der Waals surface area contributed by atoms with E-state index in [2.05, 4.69) is 6.58 Å². The molecule has 0 saturated heterocycles. The largest absolute Gasteiger partial charge is 0.508 e. The Morgan fingerprint density at radius 3 is 2.75 bits per heavy atom. The lowest BCUT2D eigenvalue weighted by Gasteiger charge is -2.08. The first kappa shape index (κ1) is 9.14. The van der Waals surface area contributed by atoms with Gasteiger partial charge in [0.1, 0.15) is 5.75 Å². The van der Waals surface area contributed by atoms with E-state index in [0.29, 0.717) is 5.02 Å². The Kier molecular flexibility index (Phi) is 2.77. The van der Waals surface area contributed by atoms with Crippen molar-refractivity contribution in [3.8, 4) is 5.75 Å². The van der Waals surface area contributed by atoms with Gasteiger partial charge in [0.15, 0.2) is 0 Å². The molecule has 0 spiro atoms. The summed E-state index contributed by atoms with van der Waals surface area (Å²) in [5, 5.41) is 10.0. The van der Waals surface area contributed by atoms with E-state index in [-0.39, 0.29) is 11.7 Å². The van der Waals surface area contributed by atoms with Gasteiger partial charge in [0.05, 0.1) is 0 Å². The molecule has 0 fully saturated rings. The second-order valence-corrected chi connectivity index (χ2v) is 3.16. The number of rotatable bonds is 2. The van der Waals surface area contributed by atoms with Gasteiger partial charge in [0, 0.05) is 16.5 Å². The van der Waals surface area contributed by atoms with Crippen LogP contribution in [-0.2, 0) is 0 Å². The lowest BCUT2D eigenvalue weighted by molar-refractivity contribution is 0.467. The van der Waals surface area contributed by atoms with Crippen LogP contribution < -0.4 is 0 Å². The fraction of sp³-hybridized carbons (Fsp3) is 0.200. The molecule has 0 aliphatic heterocycles. The number of hydrogen-bond acceptors (Lipinski definition) is 1. The number of aromatic hydroxyl groups is 1. The van der Waals surface area contributed by atoms with Crippen molar-refractivity contribution in [3.63, 3.8) is 0 Å². The van der Waals surface area contributed by atoms with Crippen LogP contribution in [0, 0.1) is 0 Å². The molecule has 1 atom stereocenters. The molecule has 0 radical (unpaired) electrons. The monoisotopic (exact) mass is 182 g/mol. The molecule has 1 aromatic rings. The van der Waals surface area contributed by atoms with Crippen LogP contribution in [0.3, 0.4) is 0 Å². The van der Waals surface area contributed by atoms with E-state index < -0.39 is 0 Å². The quantitative estimate of drug-likeness (QED) is 0.696. The molecule has 1 rings (SSSR count). The smallest absolute Gasteiger partial charge is 0.120 e. The van der Waals surface area contributed by atoms with Crippen LogP contribution in [0.1, 0.15) is 18.4 Å². The molecule has 1 aromatic carbocycles. The summed E-state index contributed by atoms with van der Waals surface area (Å²) in [4.78, 5) is 0. The SMILES string of the molecule is C=CC(C)c1ccc(Cl)cc1O. The summed E-state index contributed by atoms with van der Waals surface area (Å²) >= 11 is 5.68. The minimum atomic E-state index is 0.155. The molecule has 0 aliphatic rings. The Balaban J connectivity index is 3.09. The van der Waals surface area contributed by atoms with Gasteiger partial charge in [0.2, 0.25) is 0 Å². The fourth-order valence-electron chi connectivity index (χ4n) is 1.03. The Morgan fingerprint density at radius 1 is 1.58 bits per heavy atom. The predicted molar refractivity (Wildman–Crippen MR) is 51.7 cm³/mol. The molecule has 2 heteroatoms. The second-order valence-electron chi connectivity index (χ2n) is 2.73. The average molecular weight is 183 g/mol. The lowest BCUT2D eigenvalue weighted by Crippen LogP contribution is -1.88. The van der Waals surface area contributed by atoms with Crippen LogP contribution in [0.4, 0.5) is 0 Å². The predicted octanol–water partition coefficient (Wildman–Crippen LogP) is 3.34. The number of halogens is 1. The summed E-state index contributed by atoms with van der Waals surface area (Å²) in [6.45, 7) is 5.62. The summed E-state index contributed by atoms with van der Waals surface area (Å²) in [7, 11) is 0. The molecule has 1 N–H and O–H groups in total. The van der Waals surface area contributed by atoms with Crippen LogP contribution in [0.15, 0.2) is 30.9 Å². The molecule has 1 unspecified atom stereocenters. The molecule has 0 aliphatic carbocycles. The minimum absolute atomic E-state index is 0.155. The first-order valence-electron chi connectivity index (χ1n) is 3.76. The average Bonchev–Trinajstić information content (AvgIpc) is 2.03. The highest BCUT2D eigenvalue weighted by Gasteiger charge is 2.06. The summed E-state index contributed by atoms with van der Waals surface area (Å²) in [5.74, 6) is 0.386. The van der Waals surface area contributed by atoms with E-state index >= 15 is 0 Å². The Bertz CT molecular complexity index is 294. The molecule has 0 amide bonds. The van der Waals surface area contributed by atoms with E-state index in [4.69, 9.17) is 11.6 Å². The summed E-state index contributed by atoms with van der Waals surface area (Å²) in [6, 6.07) is 5.11. The van der Waals surface area contributed by atoms with Crippen molar-refractivity contribution in [2.75, 3.05) is 0 Å². The number of benzene rings is 1. The minimum Gasteiger partial charge on any atom is -0.508 e. The van der Waals surface area contributed by atoms with Gasteiger partial charge in [-0.05, 0) is 12.1 Å². The van der Waals surface area contributed by atoms with Crippen molar-refractivity contribution in [1.82, 2.24) is 0 Å². The molecular weight excluding hydrogens is 172 g/mol. The zero-order valence-electron chi connectivity index (χ0n) is 6.92. The number of hydrogen-bond donors (Lipinski definition) is 1. The van der Waals surface area contributed by atoms with Crippen molar-refractivity contribution in [2.24, 2.45) is 0 Å². The van der Waals surface area contributed by atoms with E-state index in [1.807, 2.05) is 13.0 Å². The Morgan fingerprint density at radius 2 is 2.25 bits per heavy atom. The Labute approximate surface area is 77.3 Å². The molecule has 64 valence electrons. The van der Waals surface area contributed by atoms with Crippen molar-refractivity contribution in [1.29, 1.82) is 0 Å².